The number of hydrogen-bond donors (Lipinski definition) is 1. The fourth-order valence-electron chi connectivity index (χ4n) is 2.77. The Bertz CT molecular complexity index is 257. The van der Waals surface area contributed by atoms with E-state index in [-0.39, 0.29) is 12.4 Å². The van der Waals surface area contributed by atoms with Gasteiger partial charge in [-0.05, 0) is 38.3 Å². The van der Waals surface area contributed by atoms with Crippen LogP contribution >= 0.6 is 12.4 Å². The van der Waals surface area contributed by atoms with E-state index in [9.17, 15) is 4.79 Å². The van der Waals surface area contributed by atoms with Crippen LogP contribution in [0.1, 0.15) is 32.6 Å². The molecule has 2 aliphatic rings. The Morgan fingerprint density at radius 1 is 1.39 bits per heavy atom. The number of nitrogens with zero attached hydrogens (tertiary/aromatic N) is 1. The number of carbonyl (C=O) groups is 1. The van der Waals surface area contributed by atoms with Gasteiger partial charge < -0.3 is 15.0 Å². The lowest BCUT2D eigenvalue weighted by Gasteiger charge is -2.36. The highest BCUT2D eigenvalue weighted by molar-refractivity contribution is 5.85. The number of halogens is 1. The normalized spacial score (nSPS) is 25.6. The van der Waals surface area contributed by atoms with Gasteiger partial charge in [0, 0.05) is 13.0 Å². The van der Waals surface area contributed by atoms with E-state index in [2.05, 4.69) is 12.2 Å². The van der Waals surface area contributed by atoms with E-state index in [1.165, 1.54) is 0 Å². The van der Waals surface area contributed by atoms with E-state index in [4.69, 9.17) is 4.74 Å². The Hall–Kier alpha value is -0.320. The molecule has 5 heteroatoms. The van der Waals surface area contributed by atoms with Gasteiger partial charge >= 0.3 is 0 Å². The molecule has 4 nitrogen and oxygen atoms in total. The molecule has 0 saturated carbocycles. The summed E-state index contributed by atoms with van der Waals surface area (Å²) in [6, 6.07) is 0.304. The van der Waals surface area contributed by atoms with Crippen molar-refractivity contribution < 1.29 is 9.53 Å². The summed E-state index contributed by atoms with van der Waals surface area (Å²) < 4.78 is 5.44. The topological polar surface area (TPSA) is 41.6 Å². The number of rotatable bonds is 3. The van der Waals surface area contributed by atoms with Gasteiger partial charge in [0.05, 0.1) is 19.3 Å². The number of nitrogens with one attached hydrogen (secondary N) is 1. The number of carbonyl (C=O) groups excluding carboxylic acids is 1. The largest absolute Gasteiger partial charge is 0.377 e. The molecule has 0 bridgehead atoms. The van der Waals surface area contributed by atoms with Crippen molar-refractivity contribution in [2.45, 2.75) is 38.6 Å². The summed E-state index contributed by atoms with van der Waals surface area (Å²) in [4.78, 5) is 14.3. The monoisotopic (exact) mass is 276 g/mol. The first-order valence-electron chi connectivity index (χ1n) is 6.89. The summed E-state index contributed by atoms with van der Waals surface area (Å²) in [7, 11) is 0. The van der Waals surface area contributed by atoms with Crippen LogP contribution in [0.4, 0.5) is 0 Å². The molecule has 2 saturated heterocycles. The third-order valence-electron chi connectivity index (χ3n) is 3.94. The van der Waals surface area contributed by atoms with Crippen molar-refractivity contribution in [3.05, 3.63) is 0 Å². The van der Waals surface area contributed by atoms with Crippen LogP contribution in [0.2, 0.25) is 0 Å². The molecule has 2 heterocycles. The average molecular weight is 277 g/mol. The predicted octanol–water partition coefficient (Wildman–Crippen LogP) is 1.44. The smallest absolute Gasteiger partial charge is 0.223 e. The molecule has 0 aromatic heterocycles. The van der Waals surface area contributed by atoms with E-state index in [0.717, 1.165) is 45.3 Å². The average Bonchev–Trinajstić information content (AvgIpc) is 2.40. The number of hydrogen-bond acceptors (Lipinski definition) is 3. The lowest BCUT2D eigenvalue weighted by atomic mass is 9.93. The van der Waals surface area contributed by atoms with E-state index in [1.807, 2.05) is 4.90 Å². The molecule has 1 unspecified atom stereocenters. The van der Waals surface area contributed by atoms with E-state index < -0.39 is 0 Å². The molecule has 2 aliphatic heterocycles. The van der Waals surface area contributed by atoms with E-state index in [0.29, 0.717) is 31.1 Å². The summed E-state index contributed by atoms with van der Waals surface area (Å²) >= 11 is 0. The molecular weight excluding hydrogens is 252 g/mol. The van der Waals surface area contributed by atoms with Crippen LogP contribution in [0.5, 0.6) is 0 Å². The summed E-state index contributed by atoms with van der Waals surface area (Å²) in [5.41, 5.74) is 0. The second-order valence-electron chi connectivity index (χ2n) is 5.12. The van der Waals surface area contributed by atoms with Gasteiger partial charge in [-0.3, -0.25) is 4.79 Å². The molecule has 2 fully saturated rings. The maximum Gasteiger partial charge on any atom is 0.223 e. The standard InChI is InChI=1S/C13H24N2O2.ClH/c1-2-12-10-17-8-7-15(12)13(16)9-11-3-5-14-6-4-11;/h11-12,14H,2-10H2,1H3;1H. The Labute approximate surface area is 116 Å². The molecule has 1 amide bonds. The molecule has 2 rings (SSSR count). The molecule has 0 aliphatic carbocycles. The molecule has 0 aromatic rings. The van der Waals surface area contributed by atoms with Crippen LogP contribution in [0, 0.1) is 5.92 Å². The fraction of sp³-hybridized carbons (Fsp3) is 0.923. The Balaban J connectivity index is 0.00000162. The summed E-state index contributed by atoms with van der Waals surface area (Å²) in [6.45, 7) is 6.46. The van der Waals surface area contributed by atoms with Crippen molar-refractivity contribution in [2.24, 2.45) is 5.92 Å². The molecule has 0 spiro atoms. The van der Waals surface area contributed by atoms with Crippen molar-refractivity contribution in [2.75, 3.05) is 32.8 Å². The molecule has 18 heavy (non-hydrogen) atoms. The highest BCUT2D eigenvalue weighted by Gasteiger charge is 2.27. The van der Waals surface area contributed by atoms with Gasteiger partial charge in [0.2, 0.25) is 5.91 Å². The summed E-state index contributed by atoms with van der Waals surface area (Å²) in [5, 5.41) is 3.34. The van der Waals surface area contributed by atoms with Crippen LogP contribution in [0.15, 0.2) is 0 Å². The van der Waals surface area contributed by atoms with Crippen molar-refractivity contribution in [1.29, 1.82) is 0 Å². The van der Waals surface area contributed by atoms with Gasteiger partial charge in [0.1, 0.15) is 0 Å². The highest BCUT2D eigenvalue weighted by atomic mass is 35.5. The van der Waals surface area contributed by atoms with Crippen LogP contribution in [-0.2, 0) is 9.53 Å². The SMILES string of the molecule is CCC1COCCN1C(=O)CC1CCNCC1.Cl. The van der Waals surface area contributed by atoms with Crippen molar-refractivity contribution in [1.82, 2.24) is 10.2 Å². The van der Waals surface area contributed by atoms with Crippen molar-refractivity contribution in [3.63, 3.8) is 0 Å². The van der Waals surface area contributed by atoms with Gasteiger partial charge in [-0.25, -0.2) is 0 Å². The van der Waals surface area contributed by atoms with Gasteiger partial charge in [-0.15, -0.1) is 12.4 Å². The van der Waals surface area contributed by atoms with Gasteiger partial charge in [0.15, 0.2) is 0 Å². The Kier molecular flexibility index (Phi) is 6.97. The fourth-order valence-corrected chi connectivity index (χ4v) is 2.77. The number of morpholine rings is 1. The van der Waals surface area contributed by atoms with Crippen LogP contribution in [0.25, 0.3) is 0 Å². The first kappa shape index (κ1) is 15.7. The second-order valence-corrected chi connectivity index (χ2v) is 5.12. The first-order valence-corrected chi connectivity index (χ1v) is 6.89. The van der Waals surface area contributed by atoms with Crippen LogP contribution in [0.3, 0.4) is 0 Å². The van der Waals surface area contributed by atoms with E-state index >= 15 is 0 Å². The molecule has 0 radical (unpaired) electrons. The molecule has 0 aromatic carbocycles. The number of piperidine rings is 1. The molecule has 1 atom stereocenters. The maximum absolute atomic E-state index is 12.3. The quantitative estimate of drug-likeness (QED) is 0.848. The second kappa shape index (κ2) is 7.97. The van der Waals surface area contributed by atoms with Gasteiger partial charge in [-0.2, -0.15) is 0 Å². The maximum atomic E-state index is 12.3. The zero-order valence-electron chi connectivity index (χ0n) is 11.2. The number of ether oxygens (including phenoxy) is 1. The van der Waals surface area contributed by atoms with Crippen molar-refractivity contribution in [3.8, 4) is 0 Å². The lowest BCUT2D eigenvalue weighted by Crippen LogP contribution is -2.49. The minimum Gasteiger partial charge on any atom is -0.377 e. The van der Waals surface area contributed by atoms with Gasteiger partial charge in [0.25, 0.3) is 0 Å². The van der Waals surface area contributed by atoms with Gasteiger partial charge in [-0.1, -0.05) is 6.92 Å². The predicted molar refractivity (Wildman–Crippen MR) is 74.1 cm³/mol. The molecule has 106 valence electrons. The molecular formula is C13H25ClN2O2. The van der Waals surface area contributed by atoms with Crippen LogP contribution < -0.4 is 5.32 Å². The minimum atomic E-state index is 0. The zero-order chi connectivity index (χ0) is 12.1. The Morgan fingerprint density at radius 3 is 2.78 bits per heavy atom. The zero-order valence-corrected chi connectivity index (χ0v) is 12.0. The first-order chi connectivity index (χ1) is 8.31. The van der Waals surface area contributed by atoms with Crippen LogP contribution in [-0.4, -0.2) is 49.7 Å². The third kappa shape index (κ3) is 4.11. The molecule has 1 N–H and O–H groups in total. The highest BCUT2D eigenvalue weighted by Crippen LogP contribution is 2.19. The summed E-state index contributed by atoms with van der Waals surface area (Å²) in [6.07, 6.45) is 4.02. The third-order valence-corrected chi connectivity index (χ3v) is 3.94. The Morgan fingerprint density at radius 2 is 2.11 bits per heavy atom. The van der Waals surface area contributed by atoms with E-state index in [1.54, 1.807) is 0 Å². The lowest BCUT2D eigenvalue weighted by molar-refractivity contribution is -0.141. The minimum absolute atomic E-state index is 0. The van der Waals surface area contributed by atoms with Crippen molar-refractivity contribution >= 4 is 18.3 Å². The summed E-state index contributed by atoms with van der Waals surface area (Å²) in [5.74, 6) is 0.927. The number of amides is 1.